The van der Waals surface area contributed by atoms with E-state index >= 15 is 0 Å². The van der Waals surface area contributed by atoms with E-state index in [1.54, 1.807) is 26.4 Å². The van der Waals surface area contributed by atoms with Crippen molar-refractivity contribution in [3.8, 4) is 11.5 Å². The van der Waals surface area contributed by atoms with Crippen LogP contribution in [-0.4, -0.2) is 26.2 Å². The Morgan fingerprint density at radius 2 is 1.91 bits per heavy atom. The fourth-order valence-corrected chi connectivity index (χ4v) is 2.37. The lowest BCUT2D eigenvalue weighted by Crippen LogP contribution is -2.30. The average Bonchev–Trinajstić information content (AvgIpc) is 2.56. The molecule has 1 unspecified atom stereocenters. The van der Waals surface area contributed by atoms with Gasteiger partial charge in [-0.2, -0.15) is 0 Å². The van der Waals surface area contributed by atoms with Crippen molar-refractivity contribution >= 4 is 12.0 Å². The van der Waals surface area contributed by atoms with E-state index in [1.807, 2.05) is 25.1 Å². The number of carbonyl (C=O) groups excluding carboxylic acids is 1. The molecule has 0 aromatic heterocycles. The number of hydrogen-bond donors (Lipinski definition) is 1. The van der Waals surface area contributed by atoms with Crippen LogP contribution in [0.5, 0.6) is 11.5 Å². The van der Waals surface area contributed by atoms with Crippen molar-refractivity contribution in [2.24, 2.45) is 0 Å². The number of nitrogens with one attached hydrogen (secondary N) is 1. The van der Waals surface area contributed by atoms with Crippen molar-refractivity contribution < 1.29 is 14.3 Å². The van der Waals surface area contributed by atoms with Crippen LogP contribution in [0.2, 0.25) is 0 Å². The van der Waals surface area contributed by atoms with Gasteiger partial charge in [-0.25, -0.2) is 0 Å². The number of rotatable bonds is 10. The van der Waals surface area contributed by atoms with Crippen molar-refractivity contribution in [3.05, 3.63) is 29.8 Å². The fourth-order valence-electron chi connectivity index (χ4n) is 2.37. The summed E-state index contributed by atoms with van der Waals surface area (Å²) in [4.78, 5) is 11.9. The highest BCUT2D eigenvalue weighted by atomic mass is 16.5. The van der Waals surface area contributed by atoms with Gasteiger partial charge in [0.25, 0.3) is 0 Å². The second-order valence-electron chi connectivity index (χ2n) is 5.71. The van der Waals surface area contributed by atoms with Crippen molar-refractivity contribution in [2.75, 3.05) is 14.2 Å². The minimum absolute atomic E-state index is 0.0669. The van der Waals surface area contributed by atoms with Crippen LogP contribution in [0.3, 0.4) is 0 Å². The van der Waals surface area contributed by atoms with Gasteiger partial charge < -0.3 is 14.8 Å². The quantitative estimate of drug-likeness (QED) is 0.519. The van der Waals surface area contributed by atoms with E-state index in [4.69, 9.17) is 9.47 Å². The van der Waals surface area contributed by atoms with Gasteiger partial charge in [-0.05, 0) is 37.1 Å². The van der Waals surface area contributed by atoms with Crippen LogP contribution in [0.4, 0.5) is 0 Å². The lowest BCUT2D eigenvalue weighted by molar-refractivity contribution is -0.117. The lowest BCUT2D eigenvalue weighted by atomic mass is 10.1. The van der Waals surface area contributed by atoms with Gasteiger partial charge in [-0.1, -0.05) is 38.7 Å². The Balaban J connectivity index is 2.48. The first-order chi connectivity index (χ1) is 11.1. The van der Waals surface area contributed by atoms with Crippen LogP contribution < -0.4 is 14.8 Å². The Morgan fingerprint density at radius 3 is 2.57 bits per heavy atom. The van der Waals surface area contributed by atoms with Crippen molar-refractivity contribution in [3.63, 3.8) is 0 Å². The predicted molar refractivity (Wildman–Crippen MR) is 94.9 cm³/mol. The molecule has 0 spiro atoms. The molecule has 4 heteroatoms. The first-order valence-electron chi connectivity index (χ1n) is 8.31. The number of hydrogen-bond acceptors (Lipinski definition) is 3. The van der Waals surface area contributed by atoms with E-state index in [0.29, 0.717) is 11.5 Å². The topological polar surface area (TPSA) is 47.6 Å². The molecule has 1 aromatic carbocycles. The third-order valence-corrected chi connectivity index (χ3v) is 3.71. The van der Waals surface area contributed by atoms with Crippen molar-refractivity contribution in [1.29, 1.82) is 0 Å². The fraction of sp³-hybridized carbons (Fsp3) is 0.526. The smallest absolute Gasteiger partial charge is 0.244 e. The van der Waals surface area contributed by atoms with E-state index in [2.05, 4.69) is 12.2 Å². The van der Waals surface area contributed by atoms with E-state index in [-0.39, 0.29) is 11.9 Å². The molecule has 0 heterocycles. The molecule has 1 atom stereocenters. The molecule has 0 aliphatic heterocycles. The second kappa shape index (κ2) is 10.7. The Morgan fingerprint density at radius 1 is 1.17 bits per heavy atom. The van der Waals surface area contributed by atoms with E-state index in [0.717, 1.165) is 18.4 Å². The summed E-state index contributed by atoms with van der Waals surface area (Å²) in [5, 5.41) is 3.00. The van der Waals surface area contributed by atoms with Crippen molar-refractivity contribution in [2.45, 2.75) is 52.0 Å². The van der Waals surface area contributed by atoms with Gasteiger partial charge in [0.05, 0.1) is 14.2 Å². The van der Waals surface area contributed by atoms with Gasteiger partial charge in [-0.15, -0.1) is 0 Å². The number of unbranched alkanes of at least 4 members (excludes halogenated alkanes) is 3. The summed E-state index contributed by atoms with van der Waals surface area (Å²) in [6, 6.07) is 5.76. The third-order valence-electron chi connectivity index (χ3n) is 3.71. The monoisotopic (exact) mass is 319 g/mol. The number of ether oxygens (including phenoxy) is 2. The molecule has 23 heavy (non-hydrogen) atoms. The molecule has 0 saturated heterocycles. The Hall–Kier alpha value is -1.97. The van der Waals surface area contributed by atoms with Crippen LogP contribution in [0.1, 0.15) is 51.5 Å². The molecule has 0 radical (unpaired) electrons. The van der Waals surface area contributed by atoms with Crippen LogP contribution in [0.15, 0.2) is 24.3 Å². The Kier molecular flexibility index (Phi) is 8.88. The standard InChI is InChI=1S/C19H29NO3/c1-5-6-7-8-9-15(2)20-19(21)13-11-16-10-12-17(22-3)18(14-16)23-4/h10-15H,5-9H2,1-4H3,(H,20,21). The molecule has 0 bridgehead atoms. The summed E-state index contributed by atoms with van der Waals surface area (Å²) in [5.41, 5.74) is 0.897. The number of carbonyl (C=O) groups is 1. The van der Waals surface area contributed by atoms with Crippen LogP contribution in [0.25, 0.3) is 6.08 Å². The van der Waals surface area contributed by atoms with Gasteiger partial charge in [0.2, 0.25) is 5.91 Å². The minimum atomic E-state index is -0.0669. The maximum atomic E-state index is 11.9. The molecule has 1 amide bonds. The number of benzene rings is 1. The average molecular weight is 319 g/mol. The normalized spacial score (nSPS) is 12.2. The number of methoxy groups -OCH3 is 2. The molecule has 1 rings (SSSR count). The van der Waals surface area contributed by atoms with Crippen LogP contribution >= 0.6 is 0 Å². The molecule has 0 fully saturated rings. The zero-order chi connectivity index (χ0) is 17.1. The Bertz CT molecular complexity index is 511. The number of amides is 1. The highest BCUT2D eigenvalue weighted by Crippen LogP contribution is 2.27. The van der Waals surface area contributed by atoms with Crippen LogP contribution in [-0.2, 0) is 4.79 Å². The van der Waals surface area contributed by atoms with E-state index in [1.165, 1.54) is 19.3 Å². The SMILES string of the molecule is CCCCCCC(C)NC(=O)C=Cc1ccc(OC)c(OC)c1. The van der Waals surface area contributed by atoms with E-state index in [9.17, 15) is 4.79 Å². The van der Waals surface area contributed by atoms with Gasteiger partial charge in [0, 0.05) is 12.1 Å². The predicted octanol–water partition coefficient (Wildman–Crippen LogP) is 4.19. The molecular weight excluding hydrogens is 290 g/mol. The zero-order valence-corrected chi connectivity index (χ0v) is 14.7. The van der Waals surface area contributed by atoms with Gasteiger partial charge in [0.1, 0.15) is 0 Å². The van der Waals surface area contributed by atoms with Gasteiger partial charge in [0.15, 0.2) is 11.5 Å². The molecule has 0 saturated carbocycles. The highest BCUT2D eigenvalue weighted by molar-refractivity contribution is 5.91. The lowest BCUT2D eigenvalue weighted by Gasteiger charge is -2.12. The van der Waals surface area contributed by atoms with Crippen LogP contribution in [0, 0.1) is 0 Å². The largest absolute Gasteiger partial charge is 0.493 e. The third kappa shape index (κ3) is 7.22. The van der Waals surface area contributed by atoms with Crippen molar-refractivity contribution in [1.82, 2.24) is 5.32 Å². The van der Waals surface area contributed by atoms with Gasteiger partial charge in [-0.3, -0.25) is 4.79 Å². The first-order valence-corrected chi connectivity index (χ1v) is 8.31. The summed E-state index contributed by atoms with van der Waals surface area (Å²) < 4.78 is 10.4. The van der Waals surface area contributed by atoms with E-state index < -0.39 is 0 Å². The highest BCUT2D eigenvalue weighted by Gasteiger charge is 2.05. The molecule has 1 N–H and O–H groups in total. The summed E-state index contributed by atoms with van der Waals surface area (Å²) in [5.74, 6) is 1.26. The molecule has 4 nitrogen and oxygen atoms in total. The Labute approximate surface area is 139 Å². The zero-order valence-electron chi connectivity index (χ0n) is 14.7. The molecule has 0 aliphatic rings. The summed E-state index contributed by atoms with van der Waals surface area (Å²) >= 11 is 0. The van der Waals surface area contributed by atoms with Gasteiger partial charge >= 0.3 is 0 Å². The second-order valence-corrected chi connectivity index (χ2v) is 5.71. The minimum Gasteiger partial charge on any atom is -0.493 e. The summed E-state index contributed by atoms with van der Waals surface area (Å²) in [6.45, 7) is 4.25. The molecule has 1 aromatic rings. The maximum Gasteiger partial charge on any atom is 0.244 e. The molecular formula is C19H29NO3. The molecule has 128 valence electrons. The maximum absolute atomic E-state index is 11.9. The molecule has 0 aliphatic carbocycles. The first kappa shape index (κ1) is 19.1. The summed E-state index contributed by atoms with van der Waals surface area (Å²) in [6.07, 6.45) is 9.25. The summed E-state index contributed by atoms with van der Waals surface area (Å²) in [7, 11) is 3.20.